The van der Waals surface area contributed by atoms with E-state index in [1.54, 1.807) is 25.1 Å². The van der Waals surface area contributed by atoms with E-state index in [2.05, 4.69) is 10.1 Å². The summed E-state index contributed by atoms with van der Waals surface area (Å²) in [6.45, 7) is 1.64. The Balaban J connectivity index is 2.63. The SMILES string of the molecule is Cc1cc(C#N)nn1-c1nc(Cl)ccc1CO. The van der Waals surface area contributed by atoms with Crippen LogP contribution in [0.15, 0.2) is 18.2 Å². The van der Waals surface area contributed by atoms with Crippen molar-refractivity contribution in [3.8, 4) is 11.9 Å². The Kier molecular flexibility index (Phi) is 3.09. The number of pyridine rings is 1. The topological polar surface area (TPSA) is 74.7 Å². The maximum Gasteiger partial charge on any atom is 0.163 e. The Hall–Kier alpha value is -1.90. The number of rotatable bonds is 2. The lowest BCUT2D eigenvalue weighted by molar-refractivity contribution is 0.280. The minimum absolute atomic E-state index is 0.166. The molecule has 0 bridgehead atoms. The molecule has 5 nitrogen and oxygen atoms in total. The monoisotopic (exact) mass is 248 g/mol. The fourth-order valence-electron chi connectivity index (χ4n) is 1.50. The van der Waals surface area contributed by atoms with Crippen molar-refractivity contribution in [3.63, 3.8) is 0 Å². The van der Waals surface area contributed by atoms with Crippen LogP contribution >= 0.6 is 11.6 Å². The molecule has 0 aliphatic rings. The highest BCUT2D eigenvalue weighted by molar-refractivity contribution is 6.29. The van der Waals surface area contributed by atoms with Gasteiger partial charge in [0.1, 0.15) is 11.2 Å². The molecule has 2 rings (SSSR count). The van der Waals surface area contributed by atoms with Gasteiger partial charge in [0, 0.05) is 11.3 Å². The highest BCUT2D eigenvalue weighted by atomic mass is 35.5. The van der Waals surface area contributed by atoms with Gasteiger partial charge in [0.25, 0.3) is 0 Å². The van der Waals surface area contributed by atoms with Gasteiger partial charge in [-0.1, -0.05) is 11.6 Å². The van der Waals surface area contributed by atoms with Crippen LogP contribution in [0.25, 0.3) is 5.82 Å². The van der Waals surface area contributed by atoms with E-state index >= 15 is 0 Å². The van der Waals surface area contributed by atoms with Gasteiger partial charge in [-0.3, -0.25) is 0 Å². The second kappa shape index (κ2) is 4.53. The van der Waals surface area contributed by atoms with Crippen molar-refractivity contribution in [1.29, 1.82) is 5.26 Å². The zero-order valence-electron chi connectivity index (χ0n) is 9.05. The molecule has 0 unspecified atom stereocenters. The van der Waals surface area contributed by atoms with Gasteiger partial charge < -0.3 is 5.11 Å². The molecule has 17 heavy (non-hydrogen) atoms. The summed E-state index contributed by atoms with van der Waals surface area (Å²) >= 11 is 5.82. The molecule has 0 saturated carbocycles. The molecule has 0 spiro atoms. The van der Waals surface area contributed by atoms with Gasteiger partial charge in [0.2, 0.25) is 0 Å². The third-order valence-electron chi connectivity index (χ3n) is 2.29. The lowest BCUT2D eigenvalue weighted by Crippen LogP contribution is -2.06. The normalized spacial score (nSPS) is 10.2. The third kappa shape index (κ3) is 2.13. The van der Waals surface area contributed by atoms with Gasteiger partial charge in [0.15, 0.2) is 11.5 Å². The first-order chi connectivity index (χ1) is 8.15. The first-order valence-electron chi connectivity index (χ1n) is 4.89. The summed E-state index contributed by atoms with van der Waals surface area (Å²) in [4.78, 5) is 4.12. The van der Waals surface area contributed by atoms with E-state index < -0.39 is 0 Å². The zero-order chi connectivity index (χ0) is 12.4. The average molecular weight is 249 g/mol. The van der Waals surface area contributed by atoms with Crippen molar-refractivity contribution in [3.05, 3.63) is 40.3 Å². The van der Waals surface area contributed by atoms with E-state index in [1.165, 1.54) is 4.68 Å². The Morgan fingerprint density at radius 2 is 2.29 bits per heavy atom. The van der Waals surface area contributed by atoms with Crippen molar-refractivity contribution < 1.29 is 5.11 Å². The van der Waals surface area contributed by atoms with Crippen molar-refractivity contribution >= 4 is 11.6 Å². The predicted molar refractivity (Wildman–Crippen MR) is 61.7 cm³/mol. The molecule has 0 aromatic carbocycles. The first-order valence-corrected chi connectivity index (χ1v) is 5.27. The van der Waals surface area contributed by atoms with Gasteiger partial charge in [-0.2, -0.15) is 10.4 Å². The minimum atomic E-state index is -0.166. The molecule has 86 valence electrons. The second-order valence-electron chi connectivity index (χ2n) is 3.47. The second-order valence-corrected chi connectivity index (χ2v) is 3.86. The smallest absolute Gasteiger partial charge is 0.163 e. The number of nitriles is 1. The Bertz CT molecular complexity index is 600. The summed E-state index contributed by atoms with van der Waals surface area (Å²) in [5.41, 5.74) is 1.66. The third-order valence-corrected chi connectivity index (χ3v) is 2.51. The van der Waals surface area contributed by atoms with E-state index in [9.17, 15) is 5.11 Å². The van der Waals surface area contributed by atoms with Gasteiger partial charge >= 0.3 is 0 Å². The summed E-state index contributed by atoms with van der Waals surface area (Å²) < 4.78 is 1.50. The van der Waals surface area contributed by atoms with Crippen LogP contribution in [-0.4, -0.2) is 19.9 Å². The van der Waals surface area contributed by atoms with Crippen LogP contribution in [0.5, 0.6) is 0 Å². The number of halogens is 1. The van der Waals surface area contributed by atoms with Crippen LogP contribution in [0.3, 0.4) is 0 Å². The van der Waals surface area contributed by atoms with E-state index in [0.29, 0.717) is 22.2 Å². The van der Waals surface area contributed by atoms with Crippen molar-refractivity contribution in [2.45, 2.75) is 13.5 Å². The number of hydrogen-bond acceptors (Lipinski definition) is 4. The molecule has 2 heterocycles. The molecule has 0 saturated heterocycles. The maximum absolute atomic E-state index is 9.24. The molecule has 2 aromatic rings. The van der Waals surface area contributed by atoms with E-state index in [4.69, 9.17) is 16.9 Å². The van der Waals surface area contributed by atoms with Crippen LogP contribution in [0.1, 0.15) is 17.0 Å². The fourth-order valence-corrected chi connectivity index (χ4v) is 1.65. The number of aryl methyl sites for hydroxylation is 1. The van der Waals surface area contributed by atoms with Crippen LogP contribution in [0, 0.1) is 18.3 Å². The summed E-state index contributed by atoms with van der Waals surface area (Å²) in [7, 11) is 0. The number of aliphatic hydroxyl groups excluding tert-OH is 1. The van der Waals surface area contributed by atoms with Crippen LogP contribution in [-0.2, 0) is 6.61 Å². The first kappa shape index (κ1) is 11.6. The number of nitrogens with zero attached hydrogens (tertiary/aromatic N) is 4. The van der Waals surface area contributed by atoms with Crippen LogP contribution in [0.4, 0.5) is 0 Å². The molecule has 0 radical (unpaired) electrons. The van der Waals surface area contributed by atoms with Crippen molar-refractivity contribution in [2.75, 3.05) is 0 Å². The average Bonchev–Trinajstić information content (AvgIpc) is 2.70. The lowest BCUT2D eigenvalue weighted by atomic mass is 10.2. The molecule has 0 amide bonds. The summed E-state index contributed by atoms with van der Waals surface area (Å²) in [5, 5.41) is 22.4. The Morgan fingerprint density at radius 1 is 1.53 bits per heavy atom. The van der Waals surface area contributed by atoms with Gasteiger partial charge in [-0.15, -0.1) is 0 Å². The number of hydrogen-bond donors (Lipinski definition) is 1. The lowest BCUT2D eigenvalue weighted by Gasteiger charge is -2.08. The van der Waals surface area contributed by atoms with Gasteiger partial charge in [0.05, 0.1) is 6.61 Å². The van der Waals surface area contributed by atoms with Crippen molar-refractivity contribution in [2.24, 2.45) is 0 Å². The summed E-state index contributed by atoms with van der Waals surface area (Å²) in [6.07, 6.45) is 0. The van der Waals surface area contributed by atoms with Gasteiger partial charge in [-0.25, -0.2) is 9.67 Å². The molecule has 0 aliphatic carbocycles. The minimum Gasteiger partial charge on any atom is -0.392 e. The number of aromatic nitrogens is 3. The summed E-state index contributed by atoms with van der Waals surface area (Å²) in [5.74, 6) is 0.444. The standard InChI is InChI=1S/C11H9ClN4O/c1-7-4-9(5-13)15-16(7)11-8(6-17)2-3-10(12)14-11/h2-4,17H,6H2,1H3. The van der Waals surface area contributed by atoms with Crippen LogP contribution < -0.4 is 0 Å². The van der Waals surface area contributed by atoms with E-state index in [1.807, 2.05) is 6.07 Å². The largest absolute Gasteiger partial charge is 0.392 e. The molecular formula is C11H9ClN4O. The quantitative estimate of drug-likeness (QED) is 0.819. The predicted octanol–water partition coefficient (Wildman–Crippen LogP) is 1.59. The Labute approximate surface area is 103 Å². The highest BCUT2D eigenvalue weighted by Gasteiger charge is 2.11. The van der Waals surface area contributed by atoms with Gasteiger partial charge in [-0.05, 0) is 25.1 Å². The molecule has 2 aromatic heterocycles. The van der Waals surface area contributed by atoms with E-state index in [0.717, 1.165) is 5.69 Å². The highest BCUT2D eigenvalue weighted by Crippen LogP contribution is 2.17. The molecule has 1 N–H and O–H groups in total. The molecule has 0 aliphatic heterocycles. The summed E-state index contributed by atoms with van der Waals surface area (Å²) in [6, 6.07) is 6.87. The molecule has 0 fully saturated rings. The molecule has 6 heteroatoms. The Morgan fingerprint density at radius 3 is 2.88 bits per heavy atom. The van der Waals surface area contributed by atoms with E-state index in [-0.39, 0.29) is 6.61 Å². The molecular weight excluding hydrogens is 240 g/mol. The van der Waals surface area contributed by atoms with Crippen LogP contribution in [0.2, 0.25) is 5.15 Å². The maximum atomic E-state index is 9.24. The zero-order valence-corrected chi connectivity index (χ0v) is 9.81. The molecule has 0 atom stereocenters. The fraction of sp³-hybridized carbons (Fsp3) is 0.182. The van der Waals surface area contributed by atoms with Crippen molar-refractivity contribution in [1.82, 2.24) is 14.8 Å². The number of aliphatic hydroxyl groups is 1.